The van der Waals surface area contributed by atoms with E-state index in [-0.39, 0.29) is 96.5 Å². The molecule has 0 unspecified atom stereocenters. The van der Waals surface area contributed by atoms with Crippen molar-refractivity contribution in [3.05, 3.63) is 125 Å². The number of piperidine rings is 1. The maximum Gasteiger partial charge on any atom is 0.410 e. The van der Waals surface area contributed by atoms with E-state index in [0.717, 1.165) is 53.2 Å². The van der Waals surface area contributed by atoms with E-state index in [4.69, 9.17) is 4.74 Å². The Labute approximate surface area is 475 Å². The Morgan fingerprint density at radius 1 is 0.679 bits per heavy atom. The minimum Gasteiger partial charge on any atom is -0.444 e. The van der Waals surface area contributed by atoms with Crippen LogP contribution in [0.4, 0.5) is 25.0 Å². The van der Waals surface area contributed by atoms with Crippen LogP contribution in [0.3, 0.4) is 0 Å². The second-order valence-electron chi connectivity index (χ2n) is 23.5. The number of hydrogen-bond acceptors (Lipinski definition) is 8. The molecule has 3 amide bonds. The minimum atomic E-state index is -0.582. The van der Waals surface area contributed by atoms with E-state index in [1.165, 1.54) is 24.6 Å². The van der Waals surface area contributed by atoms with Crippen LogP contribution in [0.5, 0.6) is 0 Å². The summed E-state index contributed by atoms with van der Waals surface area (Å²) < 4.78 is 37.1. The maximum absolute atomic E-state index is 15.1. The van der Waals surface area contributed by atoms with Crippen molar-refractivity contribution in [2.24, 2.45) is 18.9 Å². The lowest BCUT2D eigenvalue weighted by atomic mass is 9.79. The number of aromatic nitrogens is 2. The summed E-state index contributed by atoms with van der Waals surface area (Å²) in [7, 11) is 1.72. The highest BCUT2D eigenvalue weighted by atomic mass is 35.5. The number of aromatic amines is 1. The van der Waals surface area contributed by atoms with Crippen molar-refractivity contribution in [1.82, 2.24) is 25.1 Å². The Hall–Kier alpha value is -5.41. The van der Waals surface area contributed by atoms with Crippen LogP contribution in [0, 0.1) is 51.2 Å². The standard InChI is InChI=1S/C33H49FN4O4.C28H40FN3O2.2ClH/c1-12-37(25-13-21(5)38(22(6)14-25)32(41)42-33(8,9)10)29-17-24(34)16-27(23(29)7)30(39)35-18-28-26(19(2)3)15-20(4)36(11)31(28)40;1-8-32(22-10-17(4)9-18(5)11-22)26-14-21(29)13-24(20(26)7)27(33)30-15-25-23(16(2)3)12-19(6)31-28(25)34;;/h15-17,19,21-22,25H,12-14,18H2,1-11H3,(H,35,39);12-14,16-18,22H,8-11,15H2,1-7H3,(H,30,33)(H,31,34);2*1H/t21-,22-;17-,18-;;/m10../s1. The number of ether oxygens (including phenoxy) is 1. The van der Waals surface area contributed by atoms with E-state index < -0.39 is 23.1 Å². The van der Waals surface area contributed by atoms with Crippen molar-refractivity contribution in [3.8, 4) is 0 Å². The molecule has 4 aromatic rings. The molecular weight excluding hydrogens is 1040 g/mol. The monoisotopic (exact) mass is 1130 g/mol. The van der Waals surface area contributed by atoms with Gasteiger partial charge in [-0.3, -0.25) is 19.2 Å². The van der Waals surface area contributed by atoms with Crippen LogP contribution in [-0.4, -0.2) is 75.2 Å². The van der Waals surface area contributed by atoms with E-state index in [0.29, 0.717) is 65.2 Å². The Kier molecular flexibility index (Phi) is 24.1. The van der Waals surface area contributed by atoms with Gasteiger partial charge in [-0.05, 0) is 191 Å². The lowest BCUT2D eigenvalue weighted by Gasteiger charge is -2.47. The topological polar surface area (TPSA) is 149 Å². The number of nitrogens with one attached hydrogen (secondary N) is 3. The molecule has 1 aliphatic carbocycles. The minimum absolute atomic E-state index is 0. The molecule has 78 heavy (non-hydrogen) atoms. The number of H-pyrrole nitrogens is 1. The van der Waals surface area contributed by atoms with Gasteiger partial charge in [-0.15, -0.1) is 24.8 Å². The first-order valence-electron chi connectivity index (χ1n) is 27.6. The fourth-order valence-corrected chi connectivity index (χ4v) is 11.8. The largest absolute Gasteiger partial charge is 0.444 e. The quantitative estimate of drug-likeness (QED) is 0.113. The number of aryl methyl sites for hydroxylation is 2. The fourth-order valence-electron chi connectivity index (χ4n) is 11.8. The van der Waals surface area contributed by atoms with Crippen molar-refractivity contribution >= 4 is 54.1 Å². The molecule has 0 spiro atoms. The van der Waals surface area contributed by atoms with Crippen molar-refractivity contribution < 1.29 is 27.9 Å². The van der Waals surface area contributed by atoms with E-state index in [1.807, 2.05) is 109 Å². The van der Waals surface area contributed by atoms with Gasteiger partial charge in [-0.1, -0.05) is 41.5 Å². The van der Waals surface area contributed by atoms with Gasteiger partial charge in [-0.25, -0.2) is 13.6 Å². The molecule has 13 nitrogen and oxygen atoms in total. The first-order chi connectivity index (χ1) is 35.5. The summed E-state index contributed by atoms with van der Waals surface area (Å²) in [6.45, 7) is 35.3. The van der Waals surface area contributed by atoms with Gasteiger partial charge in [0.2, 0.25) is 0 Å². The van der Waals surface area contributed by atoms with Crippen molar-refractivity contribution in [3.63, 3.8) is 0 Å². The normalized spacial score (nSPS) is 19.2. The van der Waals surface area contributed by atoms with Gasteiger partial charge in [0.1, 0.15) is 17.2 Å². The summed E-state index contributed by atoms with van der Waals surface area (Å²) in [5, 5.41) is 5.76. The van der Waals surface area contributed by atoms with Gasteiger partial charge in [0.25, 0.3) is 22.9 Å². The molecule has 1 saturated carbocycles. The molecule has 3 heterocycles. The molecule has 0 radical (unpaired) electrons. The summed E-state index contributed by atoms with van der Waals surface area (Å²) in [6.07, 6.45) is 4.41. The third-order valence-electron chi connectivity index (χ3n) is 15.5. The summed E-state index contributed by atoms with van der Waals surface area (Å²) >= 11 is 0. The second-order valence-corrected chi connectivity index (χ2v) is 23.5. The van der Waals surface area contributed by atoms with Gasteiger partial charge < -0.3 is 39.6 Å². The molecule has 1 aliphatic heterocycles. The van der Waals surface area contributed by atoms with E-state index >= 15 is 4.39 Å². The second kappa shape index (κ2) is 28.1. The molecule has 6 rings (SSSR count). The number of rotatable bonds is 14. The van der Waals surface area contributed by atoms with E-state index in [9.17, 15) is 28.4 Å². The molecule has 2 aliphatic rings. The first-order valence-corrected chi connectivity index (χ1v) is 27.6. The van der Waals surface area contributed by atoms with Crippen molar-refractivity contribution in [2.75, 3.05) is 22.9 Å². The summed E-state index contributed by atoms with van der Waals surface area (Å²) in [4.78, 5) is 74.2. The number of carbonyl (C=O) groups excluding carboxylic acids is 3. The lowest BCUT2D eigenvalue weighted by molar-refractivity contribution is -0.00254. The van der Waals surface area contributed by atoms with Gasteiger partial charge in [-0.2, -0.15) is 0 Å². The number of hydrogen-bond donors (Lipinski definition) is 3. The zero-order valence-electron chi connectivity index (χ0n) is 49.8. The first kappa shape index (κ1) is 66.9. The fraction of sp³-hybridized carbons (Fsp3) is 0.590. The molecule has 4 atom stereocenters. The number of pyridine rings is 2. The van der Waals surface area contributed by atoms with Gasteiger partial charge in [0.05, 0.1) is 0 Å². The Morgan fingerprint density at radius 2 is 1.10 bits per heavy atom. The summed E-state index contributed by atoms with van der Waals surface area (Å²) in [6, 6.07) is 9.75. The number of nitrogens with zero attached hydrogens (tertiary/aromatic N) is 4. The average molecular weight is 1130 g/mol. The Morgan fingerprint density at radius 3 is 1.53 bits per heavy atom. The lowest BCUT2D eigenvalue weighted by Crippen LogP contribution is -2.56. The molecule has 1 saturated heterocycles. The van der Waals surface area contributed by atoms with Crippen LogP contribution in [-0.2, 0) is 24.9 Å². The number of carbonyl (C=O) groups is 3. The van der Waals surface area contributed by atoms with Crippen molar-refractivity contribution in [1.29, 1.82) is 0 Å². The Balaban J connectivity index is 0.000000408. The van der Waals surface area contributed by atoms with Crippen LogP contribution in [0.1, 0.15) is 199 Å². The molecule has 2 aromatic heterocycles. The average Bonchev–Trinajstić information content (AvgIpc) is 3.31. The van der Waals surface area contributed by atoms with Crippen LogP contribution >= 0.6 is 24.8 Å². The number of amides is 3. The molecule has 2 aromatic carbocycles. The van der Waals surface area contributed by atoms with Crippen LogP contribution in [0.15, 0.2) is 46.0 Å². The molecular formula is C61H91Cl2F2N7O6. The molecule has 2 fully saturated rings. The van der Waals surface area contributed by atoms with Gasteiger partial charge >= 0.3 is 6.09 Å². The van der Waals surface area contributed by atoms with E-state index in [1.54, 1.807) is 22.6 Å². The molecule has 0 bridgehead atoms. The number of halogens is 4. The molecule has 17 heteroatoms. The van der Waals surface area contributed by atoms with E-state index in [2.05, 4.69) is 46.2 Å². The van der Waals surface area contributed by atoms with Gasteiger partial charge in [0, 0.05) is 102 Å². The van der Waals surface area contributed by atoms with Crippen molar-refractivity contribution in [2.45, 2.75) is 205 Å². The zero-order valence-corrected chi connectivity index (χ0v) is 51.4. The Bertz CT molecular complexity index is 2840. The number of likely N-dealkylation sites (tertiary alicyclic amines) is 1. The smallest absolute Gasteiger partial charge is 0.410 e. The molecule has 434 valence electrons. The SMILES string of the molecule is CCN(c1cc(F)cc(C(=O)NCc2c(C(C)C)cc(C)[nH]c2=O)c1C)C1C[C@@H](C)C[C@H](C)C1.CCN(c1cc(F)cc(C(=O)NCc2c(C(C)C)cc(C)n(C)c2=O)c1C)C1C[C@@H](C)N(C(=O)OC(C)(C)C)[C@H](C)C1.Cl.Cl. The predicted molar refractivity (Wildman–Crippen MR) is 318 cm³/mol. The predicted octanol–water partition coefficient (Wildman–Crippen LogP) is 12.9. The zero-order chi connectivity index (χ0) is 56.8. The highest BCUT2D eigenvalue weighted by Gasteiger charge is 2.39. The van der Waals surface area contributed by atoms with Crippen LogP contribution in [0.25, 0.3) is 0 Å². The number of benzene rings is 2. The van der Waals surface area contributed by atoms with Crippen LogP contribution in [0.2, 0.25) is 0 Å². The maximum atomic E-state index is 15.1. The van der Waals surface area contributed by atoms with Gasteiger partial charge in [0.15, 0.2) is 0 Å². The highest BCUT2D eigenvalue weighted by molar-refractivity contribution is 5.98. The van der Waals surface area contributed by atoms with Crippen LogP contribution < -0.4 is 31.6 Å². The summed E-state index contributed by atoms with van der Waals surface area (Å²) in [5.74, 6) is -0.204. The number of anilines is 2. The summed E-state index contributed by atoms with van der Waals surface area (Å²) in [5.41, 5.74) is 7.06. The highest BCUT2D eigenvalue weighted by Crippen LogP contribution is 2.37. The third-order valence-corrected chi connectivity index (χ3v) is 15.5. The third kappa shape index (κ3) is 16.1. The molecule has 3 N–H and O–H groups in total.